The lowest BCUT2D eigenvalue weighted by Crippen LogP contribution is -2.33. The van der Waals surface area contributed by atoms with Crippen molar-refractivity contribution in [1.82, 2.24) is 0 Å². The highest BCUT2D eigenvalue weighted by Gasteiger charge is 2.50. The summed E-state index contributed by atoms with van der Waals surface area (Å²) in [7, 11) is -5.02. The number of nitrogens with zero attached hydrogens (tertiary/aromatic N) is 1. The third-order valence-corrected chi connectivity index (χ3v) is 8.46. The van der Waals surface area contributed by atoms with E-state index < -0.39 is 31.4 Å². The maximum absolute atomic E-state index is 13.0. The molecule has 1 N–H and O–H groups in total. The van der Waals surface area contributed by atoms with Gasteiger partial charge in [0.1, 0.15) is 11.5 Å². The molecule has 1 heterocycles. The van der Waals surface area contributed by atoms with Crippen molar-refractivity contribution >= 4 is 37.3 Å². The first-order valence-electron chi connectivity index (χ1n) is 9.25. The fraction of sp³-hybridized carbons (Fsp3) is 0.350. The third-order valence-electron chi connectivity index (χ3n) is 4.92. The van der Waals surface area contributed by atoms with Crippen LogP contribution in [0.1, 0.15) is 19.4 Å². The van der Waals surface area contributed by atoms with Crippen LogP contribution < -0.4 is 18.5 Å². The van der Waals surface area contributed by atoms with Gasteiger partial charge >= 0.3 is 0 Å². The largest absolute Gasteiger partial charge is 0.497 e. The number of carbonyl (C=O) groups excluding carboxylic acids is 1. The number of carbonyl (C=O) groups is 1. The molecule has 0 radical (unpaired) electrons. The maximum Gasteiger partial charge on any atom is 0.262 e. The quantitative estimate of drug-likeness (QED) is 0.692. The fourth-order valence-electron chi connectivity index (χ4n) is 3.42. The van der Waals surface area contributed by atoms with Crippen LogP contribution in [0.4, 0.5) is 11.4 Å². The van der Waals surface area contributed by atoms with E-state index in [1.165, 1.54) is 45.4 Å². The van der Waals surface area contributed by atoms with Crippen LogP contribution in [0, 0.1) is 12.3 Å². The van der Waals surface area contributed by atoms with Gasteiger partial charge < -0.3 is 9.47 Å². The van der Waals surface area contributed by atoms with Crippen molar-refractivity contribution < 1.29 is 31.1 Å². The van der Waals surface area contributed by atoms with Gasteiger partial charge in [-0.3, -0.25) is 9.52 Å². The lowest BCUT2D eigenvalue weighted by Gasteiger charge is -2.19. The Morgan fingerprint density at radius 2 is 1.74 bits per heavy atom. The van der Waals surface area contributed by atoms with Crippen molar-refractivity contribution in [3.05, 3.63) is 42.0 Å². The number of sulfonamides is 2. The van der Waals surface area contributed by atoms with Gasteiger partial charge in [-0.15, -0.1) is 0 Å². The van der Waals surface area contributed by atoms with Crippen LogP contribution in [-0.4, -0.2) is 42.7 Å². The van der Waals surface area contributed by atoms with Crippen LogP contribution in [0.2, 0.25) is 0 Å². The molecule has 0 aromatic heterocycles. The van der Waals surface area contributed by atoms with Crippen LogP contribution >= 0.6 is 0 Å². The van der Waals surface area contributed by atoms with E-state index in [4.69, 9.17) is 9.47 Å². The Morgan fingerprint density at radius 1 is 1.06 bits per heavy atom. The molecule has 0 spiro atoms. The van der Waals surface area contributed by atoms with Crippen LogP contribution in [0.25, 0.3) is 0 Å². The van der Waals surface area contributed by atoms with Crippen LogP contribution in [0.15, 0.2) is 41.3 Å². The molecule has 2 aromatic carbocycles. The monoisotopic (exact) mass is 468 g/mol. The zero-order valence-electron chi connectivity index (χ0n) is 17.8. The van der Waals surface area contributed by atoms with Gasteiger partial charge in [-0.05, 0) is 56.7 Å². The van der Waals surface area contributed by atoms with Gasteiger partial charge in [-0.25, -0.2) is 21.1 Å². The molecule has 11 heteroatoms. The van der Waals surface area contributed by atoms with E-state index in [1.54, 1.807) is 26.0 Å². The zero-order chi connectivity index (χ0) is 23.2. The fourth-order valence-corrected chi connectivity index (χ4v) is 6.80. The first kappa shape index (κ1) is 22.9. The lowest BCUT2D eigenvalue weighted by molar-refractivity contribution is -0.123. The minimum absolute atomic E-state index is 0.0653. The summed E-state index contributed by atoms with van der Waals surface area (Å²) in [4.78, 5) is 12.5. The van der Waals surface area contributed by atoms with Crippen molar-refractivity contribution in [2.45, 2.75) is 25.7 Å². The molecule has 1 saturated heterocycles. The zero-order valence-corrected chi connectivity index (χ0v) is 19.4. The molecule has 1 aliphatic heterocycles. The Bertz CT molecular complexity index is 1250. The summed E-state index contributed by atoms with van der Waals surface area (Å²) in [6.45, 7) is 4.65. The van der Waals surface area contributed by atoms with Gasteiger partial charge in [0.05, 0.1) is 41.7 Å². The van der Waals surface area contributed by atoms with E-state index in [9.17, 15) is 21.6 Å². The highest BCUT2D eigenvalue weighted by atomic mass is 32.2. The minimum Gasteiger partial charge on any atom is -0.497 e. The third kappa shape index (κ3) is 4.19. The average Bonchev–Trinajstić information content (AvgIpc) is 2.83. The second kappa shape index (κ2) is 7.72. The Labute approximate surface area is 182 Å². The Hall–Kier alpha value is -2.79. The van der Waals surface area contributed by atoms with Gasteiger partial charge in [0.2, 0.25) is 15.9 Å². The SMILES string of the molecule is COc1ccc(OC)c(NS(=O)(=O)c2ccc(N3C(=O)C(C)(C)CS3(=O)=O)cc2C)c1. The van der Waals surface area contributed by atoms with E-state index in [0.29, 0.717) is 11.5 Å². The van der Waals surface area contributed by atoms with Crippen molar-refractivity contribution in [2.75, 3.05) is 29.0 Å². The molecule has 3 rings (SSSR count). The topological polar surface area (TPSA) is 119 Å². The molecule has 0 bridgehead atoms. The highest BCUT2D eigenvalue weighted by molar-refractivity contribution is 7.94. The summed E-state index contributed by atoms with van der Waals surface area (Å²) in [5, 5.41) is 0. The molecule has 1 aliphatic rings. The number of hydrogen-bond acceptors (Lipinski definition) is 7. The summed E-state index contributed by atoms with van der Waals surface area (Å²) >= 11 is 0. The Balaban J connectivity index is 1.99. The second-order valence-electron chi connectivity index (χ2n) is 7.83. The normalized spacial score (nSPS) is 17.5. The summed E-state index contributed by atoms with van der Waals surface area (Å²) < 4.78 is 64.6. The van der Waals surface area contributed by atoms with E-state index in [0.717, 1.165) is 4.31 Å². The van der Waals surface area contributed by atoms with E-state index >= 15 is 0 Å². The average molecular weight is 469 g/mol. The molecule has 1 amide bonds. The van der Waals surface area contributed by atoms with E-state index in [1.807, 2.05) is 0 Å². The lowest BCUT2D eigenvalue weighted by atomic mass is 9.95. The minimum atomic E-state index is -4.05. The van der Waals surface area contributed by atoms with Crippen molar-refractivity contribution in [3.63, 3.8) is 0 Å². The van der Waals surface area contributed by atoms with Gasteiger partial charge in [-0.1, -0.05) is 0 Å². The predicted octanol–water partition coefficient (Wildman–Crippen LogP) is 2.52. The molecule has 168 valence electrons. The van der Waals surface area contributed by atoms with E-state index in [2.05, 4.69) is 4.72 Å². The molecular weight excluding hydrogens is 444 g/mol. The van der Waals surface area contributed by atoms with Crippen molar-refractivity contribution in [1.29, 1.82) is 0 Å². The van der Waals surface area contributed by atoms with Gasteiger partial charge in [0, 0.05) is 6.07 Å². The highest BCUT2D eigenvalue weighted by Crippen LogP contribution is 2.37. The number of amides is 1. The Morgan fingerprint density at radius 3 is 2.26 bits per heavy atom. The molecule has 1 fully saturated rings. The molecule has 2 aromatic rings. The van der Waals surface area contributed by atoms with Crippen molar-refractivity contribution in [2.24, 2.45) is 5.41 Å². The number of aryl methyl sites for hydroxylation is 1. The predicted molar refractivity (Wildman–Crippen MR) is 117 cm³/mol. The first-order chi connectivity index (χ1) is 14.3. The number of rotatable bonds is 6. The molecule has 0 atom stereocenters. The maximum atomic E-state index is 13.0. The second-order valence-corrected chi connectivity index (χ2v) is 11.3. The summed E-state index contributed by atoms with van der Waals surface area (Å²) in [6, 6.07) is 8.63. The van der Waals surface area contributed by atoms with Gasteiger partial charge in [0.15, 0.2) is 0 Å². The summed E-state index contributed by atoms with van der Waals surface area (Å²) in [5.41, 5.74) is -0.489. The number of benzene rings is 2. The van der Waals surface area contributed by atoms with Crippen LogP contribution in [-0.2, 0) is 24.8 Å². The van der Waals surface area contributed by atoms with Crippen LogP contribution in [0.3, 0.4) is 0 Å². The summed E-state index contributed by atoms with van der Waals surface area (Å²) in [6.07, 6.45) is 0. The Kier molecular flexibility index (Phi) is 5.70. The van der Waals surface area contributed by atoms with Crippen molar-refractivity contribution in [3.8, 4) is 11.5 Å². The summed E-state index contributed by atoms with van der Waals surface area (Å²) in [5.74, 6) is -0.128. The molecule has 0 unspecified atom stereocenters. The molecule has 0 aliphatic carbocycles. The standard InChI is InChI=1S/C20H24N2O7S2/c1-13-10-14(22-19(23)20(2,3)12-30(22,24)25)6-9-18(13)31(26,27)21-16-11-15(28-4)7-8-17(16)29-5/h6-11,21H,12H2,1-5H3. The number of nitrogens with one attached hydrogen (secondary N) is 1. The molecular formula is C20H24N2O7S2. The number of ether oxygens (including phenoxy) is 2. The van der Waals surface area contributed by atoms with E-state index in [-0.39, 0.29) is 27.6 Å². The van der Waals surface area contributed by atoms with Gasteiger partial charge in [-0.2, -0.15) is 0 Å². The first-order valence-corrected chi connectivity index (χ1v) is 12.3. The molecule has 9 nitrogen and oxygen atoms in total. The number of hydrogen-bond donors (Lipinski definition) is 1. The van der Waals surface area contributed by atoms with Crippen LogP contribution in [0.5, 0.6) is 11.5 Å². The van der Waals surface area contributed by atoms with Gasteiger partial charge in [0.25, 0.3) is 10.0 Å². The smallest absolute Gasteiger partial charge is 0.262 e. The molecule has 0 saturated carbocycles. The number of anilines is 2. The molecule has 31 heavy (non-hydrogen) atoms. The number of methoxy groups -OCH3 is 2.